The Morgan fingerprint density at radius 3 is 2.71 bits per heavy atom. The molecule has 2 fully saturated rings. The van der Waals surface area contributed by atoms with E-state index in [-0.39, 0.29) is 11.7 Å². The van der Waals surface area contributed by atoms with Crippen molar-refractivity contribution in [2.45, 2.75) is 25.7 Å². The third kappa shape index (κ3) is 3.58. The van der Waals surface area contributed by atoms with E-state index in [1.165, 1.54) is 0 Å². The molecule has 7 nitrogen and oxygen atoms in total. The quantitative estimate of drug-likeness (QED) is 0.665. The van der Waals surface area contributed by atoms with Gasteiger partial charge in [0.05, 0.1) is 17.5 Å². The van der Waals surface area contributed by atoms with Gasteiger partial charge >= 0.3 is 0 Å². The highest BCUT2D eigenvalue weighted by molar-refractivity contribution is 7.89. The number of H-pyrrole nitrogens is 1. The number of nitrogens with one attached hydrogen (secondary N) is 2. The number of pyridine rings is 2. The van der Waals surface area contributed by atoms with E-state index >= 15 is 0 Å². The van der Waals surface area contributed by atoms with Crippen molar-refractivity contribution in [1.82, 2.24) is 19.7 Å². The monoisotopic (exact) mass is 399 g/mol. The van der Waals surface area contributed by atoms with Crippen molar-refractivity contribution in [2.24, 2.45) is 11.8 Å². The minimum absolute atomic E-state index is 0.218. The topological polar surface area (TPSA) is 91.0 Å². The third-order valence-corrected chi connectivity index (χ3v) is 7.48. The molecule has 1 aliphatic carbocycles. The summed E-state index contributed by atoms with van der Waals surface area (Å²) in [4.78, 5) is 14.4. The maximum absolute atomic E-state index is 12.3. The summed E-state index contributed by atoms with van der Waals surface area (Å²) in [7, 11) is -3.17. The smallest absolute Gasteiger partial charge is 0.211 e. The van der Waals surface area contributed by atoms with Crippen molar-refractivity contribution in [1.29, 1.82) is 0 Å². The molecule has 0 atom stereocenters. The predicted molar refractivity (Wildman–Crippen MR) is 111 cm³/mol. The van der Waals surface area contributed by atoms with Crippen LogP contribution in [-0.4, -0.2) is 48.8 Å². The summed E-state index contributed by atoms with van der Waals surface area (Å²) in [5.41, 5.74) is 2.91. The van der Waals surface area contributed by atoms with Crippen LogP contribution in [0, 0.1) is 11.8 Å². The summed E-state index contributed by atoms with van der Waals surface area (Å²) < 4.78 is 27.5. The van der Waals surface area contributed by atoms with Gasteiger partial charge in [0.1, 0.15) is 5.65 Å². The lowest BCUT2D eigenvalue weighted by Gasteiger charge is -2.34. The number of hydrogen-bond acceptors (Lipinski definition) is 5. The van der Waals surface area contributed by atoms with Crippen molar-refractivity contribution in [3.8, 4) is 0 Å². The minimum Gasteiger partial charge on any atom is -0.371 e. The zero-order chi connectivity index (χ0) is 19.1. The minimum atomic E-state index is -3.17. The number of hydrogen-bond donors (Lipinski definition) is 2. The van der Waals surface area contributed by atoms with Crippen molar-refractivity contribution < 1.29 is 8.42 Å². The van der Waals surface area contributed by atoms with Crippen LogP contribution in [0.15, 0.2) is 30.7 Å². The highest BCUT2D eigenvalue weighted by atomic mass is 32.2. The molecule has 2 N–H and O–H groups in total. The van der Waals surface area contributed by atoms with Gasteiger partial charge in [0, 0.05) is 48.5 Å². The van der Waals surface area contributed by atoms with Crippen molar-refractivity contribution in [2.75, 3.05) is 30.3 Å². The first-order chi connectivity index (χ1) is 13.6. The number of fused-ring (bicyclic) bond motifs is 3. The van der Waals surface area contributed by atoms with E-state index in [9.17, 15) is 8.42 Å². The van der Waals surface area contributed by atoms with E-state index in [0.29, 0.717) is 12.5 Å². The van der Waals surface area contributed by atoms with E-state index in [2.05, 4.69) is 30.6 Å². The van der Waals surface area contributed by atoms with Crippen LogP contribution in [0.25, 0.3) is 21.9 Å². The number of nitrogens with zero attached hydrogens (tertiary/aromatic N) is 3. The van der Waals surface area contributed by atoms with Gasteiger partial charge in [0.15, 0.2) is 0 Å². The van der Waals surface area contributed by atoms with E-state index in [1.807, 2.05) is 24.7 Å². The van der Waals surface area contributed by atoms with Crippen LogP contribution in [0.1, 0.15) is 25.7 Å². The molecular weight excluding hydrogens is 374 g/mol. The lowest BCUT2D eigenvalue weighted by Crippen LogP contribution is -2.38. The second kappa shape index (κ2) is 7.00. The summed E-state index contributed by atoms with van der Waals surface area (Å²) in [6, 6.07) is 4.10. The molecule has 3 aromatic rings. The summed E-state index contributed by atoms with van der Waals surface area (Å²) in [5, 5.41) is 2.19. The molecule has 0 radical (unpaired) electrons. The number of rotatable bonds is 6. The summed E-state index contributed by atoms with van der Waals surface area (Å²) in [6.45, 7) is 2.33. The first-order valence-corrected chi connectivity index (χ1v) is 11.7. The molecule has 0 unspecified atom stereocenters. The average molecular weight is 400 g/mol. The molecule has 2 aliphatic rings. The lowest BCUT2D eigenvalue weighted by molar-refractivity contribution is 0.434. The molecule has 1 saturated heterocycles. The number of aromatic amines is 1. The standard InChI is InChI=1S/C20H25N5O2S/c26-28(27,24-11-14-1-2-14)13-15-5-9-25(10-6-15)18-4-8-21-17-12-23-20-16(19(17)18)3-7-22-20/h3-4,7-8,12,14-15,24H,1-2,5-6,9-11,13H2,(H,22,23). The number of anilines is 1. The van der Waals surface area contributed by atoms with Crippen LogP contribution in [-0.2, 0) is 10.0 Å². The SMILES string of the molecule is O=S(=O)(CC1CCN(c2ccnc3cnc4[nH]ccc4c23)CC1)NCC1CC1. The van der Waals surface area contributed by atoms with Crippen LogP contribution in [0.5, 0.6) is 0 Å². The molecule has 0 spiro atoms. The van der Waals surface area contributed by atoms with Gasteiger partial charge in [-0.3, -0.25) is 4.98 Å². The fourth-order valence-electron chi connectivity index (χ4n) is 4.18. The van der Waals surface area contributed by atoms with Gasteiger partial charge in [-0.15, -0.1) is 0 Å². The Morgan fingerprint density at radius 2 is 1.93 bits per heavy atom. The van der Waals surface area contributed by atoms with Gasteiger partial charge in [-0.05, 0) is 49.7 Å². The van der Waals surface area contributed by atoms with Gasteiger partial charge in [-0.1, -0.05) is 0 Å². The number of sulfonamides is 1. The van der Waals surface area contributed by atoms with E-state index in [0.717, 1.165) is 66.4 Å². The second-order valence-corrected chi connectivity index (χ2v) is 9.94. The van der Waals surface area contributed by atoms with Crippen molar-refractivity contribution in [3.63, 3.8) is 0 Å². The normalized spacial score (nSPS) is 18.9. The lowest BCUT2D eigenvalue weighted by atomic mass is 9.98. The molecule has 0 aromatic carbocycles. The van der Waals surface area contributed by atoms with Crippen LogP contribution >= 0.6 is 0 Å². The maximum Gasteiger partial charge on any atom is 0.211 e. The second-order valence-electron chi connectivity index (χ2n) is 8.09. The number of piperidine rings is 1. The molecule has 148 valence electrons. The van der Waals surface area contributed by atoms with Gasteiger partial charge in [-0.2, -0.15) is 0 Å². The fraction of sp³-hybridized carbons (Fsp3) is 0.500. The summed E-state index contributed by atoms with van der Waals surface area (Å²) in [6.07, 6.45) is 9.62. The molecule has 4 heterocycles. The summed E-state index contributed by atoms with van der Waals surface area (Å²) in [5.74, 6) is 1.03. The Hall–Kier alpha value is -2.19. The van der Waals surface area contributed by atoms with Gasteiger partial charge < -0.3 is 9.88 Å². The largest absolute Gasteiger partial charge is 0.371 e. The highest BCUT2D eigenvalue weighted by Gasteiger charge is 2.28. The molecule has 28 heavy (non-hydrogen) atoms. The Morgan fingerprint density at radius 1 is 1.11 bits per heavy atom. The van der Waals surface area contributed by atoms with E-state index in [4.69, 9.17) is 0 Å². The zero-order valence-electron chi connectivity index (χ0n) is 15.8. The molecular formula is C20H25N5O2S. The molecule has 5 rings (SSSR count). The van der Waals surface area contributed by atoms with Crippen LogP contribution in [0.3, 0.4) is 0 Å². The van der Waals surface area contributed by atoms with Crippen LogP contribution < -0.4 is 9.62 Å². The molecule has 1 aliphatic heterocycles. The highest BCUT2D eigenvalue weighted by Crippen LogP contribution is 2.33. The first-order valence-electron chi connectivity index (χ1n) is 10.0. The number of aromatic nitrogens is 3. The first kappa shape index (κ1) is 17.9. The Balaban J connectivity index is 1.31. The Labute approximate surface area is 164 Å². The van der Waals surface area contributed by atoms with E-state index in [1.54, 1.807) is 0 Å². The van der Waals surface area contributed by atoms with Crippen LogP contribution in [0.2, 0.25) is 0 Å². The average Bonchev–Trinajstić information content (AvgIpc) is 3.41. The molecule has 3 aromatic heterocycles. The predicted octanol–water partition coefficient (Wildman–Crippen LogP) is 2.66. The van der Waals surface area contributed by atoms with Gasteiger partial charge in [0.25, 0.3) is 0 Å². The molecule has 0 amide bonds. The Kier molecular flexibility index (Phi) is 4.47. The molecule has 8 heteroatoms. The van der Waals surface area contributed by atoms with Gasteiger partial charge in [0.2, 0.25) is 10.0 Å². The van der Waals surface area contributed by atoms with Crippen molar-refractivity contribution >= 4 is 37.6 Å². The fourth-order valence-corrected chi connectivity index (χ4v) is 5.74. The van der Waals surface area contributed by atoms with Crippen molar-refractivity contribution in [3.05, 3.63) is 30.7 Å². The Bertz CT molecular complexity index is 1100. The maximum atomic E-state index is 12.3. The zero-order valence-corrected chi connectivity index (χ0v) is 16.6. The van der Waals surface area contributed by atoms with E-state index < -0.39 is 10.0 Å². The third-order valence-electron chi connectivity index (χ3n) is 5.97. The van der Waals surface area contributed by atoms with Crippen LogP contribution in [0.4, 0.5) is 5.69 Å². The molecule has 0 bridgehead atoms. The summed E-state index contributed by atoms with van der Waals surface area (Å²) >= 11 is 0. The van der Waals surface area contributed by atoms with Gasteiger partial charge in [-0.25, -0.2) is 18.1 Å². The molecule has 1 saturated carbocycles.